The van der Waals surface area contributed by atoms with Crippen LogP contribution >= 0.6 is 0 Å². The first kappa shape index (κ1) is 17.5. The molecule has 0 aliphatic rings. The van der Waals surface area contributed by atoms with Crippen LogP contribution in [0.15, 0.2) is 53.2 Å². The van der Waals surface area contributed by atoms with E-state index in [-0.39, 0.29) is 12.3 Å². The van der Waals surface area contributed by atoms with Crippen molar-refractivity contribution in [2.45, 2.75) is 26.7 Å². The van der Waals surface area contributed by atoms with E-state index in [0.717, 1.165) is 11.3 Å². The summed E-state index contributed by atoms with van der Waals surface area (Å²) in [7, 11) is 0. The van der Waals surface area contributed by atoms with E-state index in [0.29, 0.717) is 23.5 Å². The highest BCUT2D eigenvalue weighted by Gasteiger charge is 2.14. The van der Waals surface area contributed by atoms with Crippen LogP contribution in [-0.2, 0) is 11.2 Å². The van der Waals surface area contributed by atoms with Gasteiger partial charge in [-0.15, -0.1) is 0 Å². The van der Waals surface area contributed by atoms with E-state index >= 15 is 0 Å². The number of carbonyl (C=O) groups excluding carboxylic acids is 2. The fourth-order valence-corrected chi connectivity index (χ4v) is 2.58. The second-order valence-corrected chi connectivity index (χ2v) is 5.96. The van der Waals surface area contributed by atoms with Gasteiger partial charge in [-0.1, -0.05) is 18.2 Å². The monoisotopic (exact) mass is 352 g/mol. The van der Waals surface area contributed by atoms with E-state index in [4.69, 9.17) is 4.42 Å². The molecule has 0 aliphatic heterocycles. The van der Waals surface area contributed by atoms with Crippen molar-refractivity contribution in [3.05, 3.63) is 71.4 Å². The second-order valence-electron chi connectivity index (χ2n) is 5.96. The van der Waals surface area contributed by atoms with E-state index in [2.05, 4.69) is 16.0 Å². The number of benzene rings is 1. The predicted molar refractivity (Wildman–Crippen MR) is 95.7 cm³/mol. The molecule has 2 N–H and O–H groups in total. The van der Waals surface area contributed by atoms with E-state index in [1.807, 2.05) is 36.5 Å². The minimum Gasteiger partial charge on any atom is -0.466 e. The maximum atomic E-state index is 12.0. The van der Waals surface area contributed by atoms with Crippen molar-refractivity contribution in [1.29, 1.82) is 0 Å². The van der Waals surface area contributed by atoms with Crippen LogP contribution in [0.1, 0.15) is 33.9 Å². The van der Waals surface area contributed by atoms with Crippen molar-refractivity contribution in [1.82, 2.24) is 20.6 Å². The van der Waals surface area contributed by atoms with Crippen LogP contribution in [0.5, 0.6) is 0 Å². The molecule has 2 aromatic heterocycles. The Morgan fingerprint density at radius 3 is 2.62 bits per heavy atom. The summed E-state index contributed by atoms with van der Waals surface area (Å²) in [6.45, 7) is 3.46. The molecule has 2 amide bonds. The van der Waals surface area contributed by atoms with Crippen LogP contribution in [0, 0.1) is 13.8 Å². The van der Waals surface area contributed by atoms with Gasteiger partial charge < -0.3 is 4.42 Å². The first-order valence-electron chi connectivity index (χ1n) is 8.28. The highest BCUT2D eigenvalue weighted by Crippen LogP contribution is 2.13. The molecule has 0 saturated heterocycles. The molecule has 3 aromatic rings. The lowest BCUT2D eigenvalue weighted by Crippen LogP contribution is -2.41. The van der Waals surface area contributed by atoms with Crippen molar-refractivity contribution in [3.8, 4) is 5.69 Å². The van der Waals surface area contributed by atoms with Crippen LogP contribution in [0.4, 0.5) is 0 Å². The molecule has 0 spiro atoms. The third-order valence-corrected chi connectivity index (χ3v) is 3.90. The molecule has 0 fully saturated rings. The van der Waals surface area contributed by atoms with Gasteiger partial charge in [0, 0.05) is 12.6 Å². The van der Waals surface area contributed by atoms with Crippen LogP contribution in [0.25, 0.3) is 5.69 Å². The van der Waals surface area contributed by atoms with Gasteiger partial charge in [-0.05, 0) is 44.0 Å². The summed E-state index contributed by atoms with van der Waals surface area (Å²) in [6, 6.07) is 11.4. The van der Waals surface area contributed by atoms with Crippen molar-refractivity contribution in [2.75, 3.05) is 0 Å². The molecule has 0 atom stereocenters. The molecule has 0 unspecified atom stereocenters. The second kappa shape index (κ2) is 7.69. The minimum atomic E-state index is -0.399. The molecule has 7 heteroatoms. The Morgan fingerprint density at radius 2 is 1.92 bits per heavy atom. The number of hydrazine groups is 1. The SMILES string of the molecule is Cc1cc(C(=O)NNC(=O)CCc2cnn(-c3ccccc3)c2)c(C)o1. The first-order chi connectivity index (χ1) is 12.5. The molecule has 0 saturated carbocycles. The van der Waals surface area contributed by atoms with E-state index in [9.17, 15) is 9.59 Å². The van der Waals surface area contributed by atoms with Crippen LogP contribution in [-0.4, -0.2) is 21.6 Å². The maximum Gasteiger partial charge on any atom is 0.273 e. The van der Waals surface area contributed by atoms with Crippen molar-refractivity contribution >= 4 is 11.8 Å². The molecule has 0 aliphatic carbocycles. The lowest BCUT2D eigenvalue weighted by atomic mass is 10.2. The van der Waals surface area contributed by atoms with E-state index in [1.54, 1.807) is 30.8 Å². The molecule has 26 heavy (non-hydrogen) atoms. The largest absolute Gasteiger partial charge is 0.466 e. The Balaban J connectivity index is 1.48. The van der Waals surface area contributed by atoms with E-state index < -0.39 is 5.91 Å². The molecule has 7 nitrogen and oxygen atoms in total. The fraction of sp³-hybridized carbons (Fsp3) is 0.211. The molecular formula is C19H20N4O3. The number of nitrogens with one attached hydrogen (secondary N) is 2. The van der Waals surface area contributed by atoms with Gasteiger partial charge in [0.25, 0.3) is 5.91 Å². The van der Waals surface area contributed by atoms with Gasteiger partial charge in [0.05, 0.1) is 17.4 Å². The first-order valence-corrected chi connectivity index (χ1v) is 8.28. The topological polar surface area (TPSA) is 89.2 Å². The van der Waals surface area contributed by atoms with Crippen LogP contribution < -0.4 is 10.9 Å². The van der Waals surface area contributed by atoms with Gasteiger partial charge in [0.1, 0.15) is 11.5 Å². The lowest BCUT2D eigenvalue weighted by molar-refractivity contribution is -0.121. The molecule has 3 rings (SSSR count). The maximum absolute atomic E-state index is 12.0. The number of furan rings is 1. The number of rotatable bonds is 5. The number of hydrogen-bond acceptors (Lipinski definition) is 4. The predicted octanol–water partition coefficient (Wildman–Crippen LogP) is 2.48. The normalized spacial score (nSPS) is 10.5. The van der Waals surface area contributed by atoms with Crippen LogP contribution in [0.3, 0.4) is 0 Å². The smallest absolute Gasteiger partial charge is 0.273 e. The Labute approximate surface area is 151 Å². The highest BCUT2D eigenvalue weighted by molar-refractivity contribution is 5.96. The summed E-state index contributed by atoms with van der Waals surface area (Å²) >= 11 is 0. The quantitative estimate of drug-likeness (QED) is 0.691. The number of aryl methyl sites for hydroxylation is 3. The van der Waals surface area contributed by atoms with Crippen molar-refractivity contribution in [2.24, 2.45) is 0 Å². The Kier molecular flexibility index (Phi) is 5.17. The number of nitrogens with zero attached hydrogens (tertiary/aromatic N) is 2. The van der Waals surface area contributed by atoms with Gasteiger partial charge in [-0.25, -0.2) is 4.68 Å². The number of aromatic nitrogens is 2. The minimum absolute atomic E-state index is 0.240. The Bertz CT molecular complexity index is 912. The molecule has 0 radical (unpaired) electrons. The summed E-state index contributed by atoms with van der Waals surface area (Å²) < 4.78 is 7.07. The standard InChI is InChI=1S/C19H20N4O3/c1-13-10-17(14(2)26-13)19(25)22-21-18(24)9-8-15-11-20-23(12-15)16-6-4-3-5-7-16/h3-7,10-12H,8-9H2,1-2H3,(H,21,24)(H,22,25). The van der Waals surface area contributed by atoms with E-state index in [1.165, 1.54) is 0 Å². The number of carbonyl (C=O) groups is 2. The lowest BCUT2D eigenvalue weighted by Gasteiger charge is -2.06. The molecule has 2 heterocycles. The average Bonchev–Trinajstić information content (AvgIpc) is 3.25. The van der Waals surface area contributed by atoms with Gasteiger partial charge in [-0.3, -0.25) is 20.4 Å². The van der Waals surface area contributed by atoms with Gasteiger partial charge in [-0.2, -0.15) is 5.10 Å². The zero-order valence-corrected chi connectivity index (χ0v) is 14.7. The van der Waals surface area contributed by atoms with Gasteiger partial charge in [0.15, 0.2) is 0 Å². The zero-order valence-electron chi connectivity index (χ0n) is 14.7. The summed E-state index contributed by atoms with van der Waals surface area (Å²) in [5.41, 5.74) is 7.13. The summed E-state index contributed by atoms with van der Waals surface area (Å²) in [5.74, 6) is 0.491. The number of hydrogen-bond donors (Lipinski definition) is 2. The fourth-order valence-electron chi connectivity index (χ4n) is 2.58. The Hall–Kier alpha value is -3.35. The van der Waals surface area contributed by atoms with Crippen molar-refractivity contribution < 1.29 is 14.0 Å². The summed E-state index contributed by atoms with van der Waals surface area (Å²) in [6.07, 6.45) is 4.39. The van der Waals surface area contributed by atoms with Crippen molar-refractivity contribution in [3.63, 3.8) is 0 Å². The van der Waals surface area contributed by atoms with Crippen LogP contribution in [0.2, 0.25) is 0 Å². The number of amides is 2. The Morgan fingerprint density at radius 1 is 1.15 bits per heavy atom. The average molecular weight is 352 g/mol. The third kappa shape index (κ3) is 4.18. The van der Waals surface area contributed by atoms with Gasteiger partial charge >= 0.3 is 0 Å². The van der Waals surface area contributed by atoms with Gasteiger partial charge in [0.2, 0.25) is 5.91 Å². The number of para-hydroxylation sites is 1. The molecule has 1 aromatic carbocycles. The molecular weight excluding hydrogens is 332 g/mol. The summed E-state index contributed by atoms with van der Waals surface area (Å²) in [4.78, 5) is 24.0. The molecule has 0 bridgehead atoms. The zero-order chi connectivity index (χ0) is 18.5. The highest BCUT2D eigenvalue weighted by atomic mass is 16.3. The summed E-state index contributed by atoms with van der Waals surface area (Å²) in [5, 5.41) is 4.30. The molecule has 134 valence electrons. The third-order valence-electron chi connectivity index (χ3n) is 3.90.